The Balaban J connectivity index is 0.000000113. The lowest BCUT2D eigenvalue weighted by molar-refractivity contribution is -0.137. The van der Waals surface area contributed by atoms with Gasteiger partial charge in [0.05, 0.1) is 70.7 Å². The molecule has 0 radical (unpaired) electrons. The van der Waals surface area contributed by atoms with Crippen molar-refractivity contribution < 1.29 is 42.3 Å². The van der Waals surface area contributed by atoms with Crippen LogP contribution in [0.4, 0.5) is 0 Å². The van der Waals surface area contributed by atoms with Gasteiger partial charge in [-0.2, -0.15) is 15.3 Å². The molecule has 18 rings (SSSR count). The summed E-state index contributed by atoms with van der Waals surface area (Å²) in [5.74, 6) is 16.9. The first-order valence-electron chi connectivity index (χ1n) is 38.4. The summed E-state index contributed by atoms with van der Waals surface area (Å²) in [5.41, 5.74) is -0.956. The van der Waals surface area contributed by atoms with Crippen LogP contribution in [0.5, 0.6) is 0 Å². The topological polar surface area (TPSA) is 217 Å². The maximum absolute atomic E-state index is 13.6. The fourth-order valence-corrected chi connectivity index (χ4v) is 29.9. The van der Waals surface area contributed by atoms with Crippen molar-refractivity contribution in [3.05, 3.63) is 37.2 Å². The molecule has 0 saturated heterocycles. The van der Waals surface area contributed by atoms with E-state index in [1.165, 1.54) is 132 Å². The SMILES string of the molecule is CS(=O)c1cnn(CC(=O)[C@H]2[C@H]3C[C@H]3[C@H]3[C@@H]4CC[C@@H]5C[C@](C)(O)CC[C@@H]5[C@H]4CC[C@@]32C)c1.CSc1cnn(CC(=O)[C@H]2[C@H]3C[C@H]3[C@H]3[C@@H]4CC[C@@H]5C[C@](C)(O)CC[C@@H]5[C@H]4CC[C@@]32C)c1.C[C@@]1(O)CC[C@H]2[C@H](CC[C@@H]3[C@@H]2CC[C@@]2(C)[C@H]3[C@@H]3C[C@@H]3[C@@H]2C(=O)Cn2cc(S(C)(=O)=O)cn2)C1. The molecule has 18 heteroatoms. The van der Waals surface area contributed by atoms with Crippen LogP contribution in [-0.4, -0.2) is 110 Å². The predicted octanol–water partition coefficient (Wildman–Crippen LogP) is 12.8. The van der Waals surface area contributed by atoms with Crippen molar-refractivity contribution in [3.63, 3.8) is 0 Å². The molecule has 528 valence electrons. The van der Waals surface area contributed by atoms with Gasteiger partial charge in [-0.1, -0.05) is 20.8 Å². The Morgan fingerprint density at radius 3 is 1.15 bits per heavy atom. The molecule has 1 unspecified atom stereocenters. The zero-order valence-electron chi connectivity index (χ0n) is 59.1. The first-order chi connectivity index (χ1) is 45.5. The second kappa shape index (κ2) is 24.0. The Bertz CT molecular complexity index is 3650. The number of aliphatic hydroxyl groups is 3. The van der Waals surface area contributed by atoms with Crippen molar-refractivity contribution in [1.29, 1.82) is 0 Å². The number of Topliss-reactive ketones (excluding diaryl/α,β-unsaturated/α-hetero) is 3. The van der Waals surface area contributed by atoms with E-state index >= 15 is 0 Å². The molecule has 0 amide bonds. The highest BCUT2D eigenvalue weighted by Crippen LogP contribution is 2.78. The summed E-state index contributed by atoms with van der Waals surface area (Å²) < 4.78 is 40.4. The number of aromatic nitrogens is 6. The van der Waals surface area contributed by atoms with Gasteiger partial charge in [-0.3, -0.25) is 32.6 Å². The molecule has 15 aliphatic rings. The summed E-state index contributed by atoms with van der Waals surface area (Å²) in [6.07, 6.45) is 43.3. The van der Waals surface area contributed by atoms with Crippen molar-refractivity contribution in [1.82, 2.24) is 29.3 Å². The van der Waals surface area contributed by atoms with Crippen molar-refractivity contribution in [2.45, 2.75) is 247 Å². The monoisotopic (exact) mass is 1370 g/mol. The number of rotatable bonds is 12. The fourth-order valence-electron chi connectivity index (χ4n) is 28.5. The molecule has 0 aromatic carbocycles. The summed E-state index contributed by atoms with van der Waals surface area (Å²) in [6, 6.07) is 0. The third kappa shape index (κ3) is 11.6. The second-order valence-electron chi connectivity index (χ2n) is 37.5. The number of fused-ring (bicyclic) bond motifs is 21. The minimum Gasteiger partial charge on any atom is -0.390 e. The van der Waals surface area contributed by atoms with Crippen LogP contribution in [0, 0.1) is 158 Å². The molecule has 31 atom stereocenters. The normalized spacial score (nSPS) is 49.5. The van der Waals surface area contributed by atoms with Gasteiger partial charge in [-0.05, 0) is 322 Å². The lowest BCUT2D eigenvalue weighted by Gasteiger charge is -2.57. The molecule has 15 saturated carbocycles. The highest BCUT2D eigenvalue weighted by atomic mass is 32.2. The molecule has 3 heterocycles. The van der Waals surface area contributed by atoms with E-state index in [4.69, 9.17) is 0 Å². The van der Waals surface area contributed by atoms with Gasteiger partial charge in [-0.25, -0.2) is 8.42 Å². The Kier molecular flexibility index (Phi) is 16.9. The Hall–Kier alpha value is -3.03. The average Bonchev–Trinajstić information content (AvgIpc) is 1.53. The largest absolute Gasteiger partial charge is 0.390 e. The molecular formula is C78H114N6O9S3. The number of ketones is 3. The van der Waals surface area contributed by atoms with Gasteiger partial charge in [0.25, 0.3) is 0 Å². The molecule has 15 fully saturated rings. The fraction of sp³-hybridized carbons (Fsp3) is 0.846. The maximum atomic E-state index is 13.6. The van der Waals surface area contributed by atoms with Crippen molar-refractivity contribution >= 4 is 49.7 Å². The van der Waals surface area contributed by atoms with Crippen molar-refractivity contribution in [2.24, 2.45) is 158 Å². The van der Waals surface area contributed by atoms with Gasteiger partial charge >= 0.3 is 0 Å². The first kappa shape index (κ1) is 67.5. The lowest BCUT2D eigenvalue weighted by Crippen LogP contribution is -2.52. The number of sulfone groups is 1. The van der Waals surface area contributed by atoms with E-state index in [-0.39, 0.29) is 51.2 Å². The van der Waals surface area contributed by atoms with E-state index in [2.05, 4.69) is 49.2 Å². The quantitative estimate of drug-likeness (QED) is 0.144. The average molecular weight is 1380 g/mol. The van der Waals surface area contributed by atoms with Crippen molar-refractivity contribution in [3.8, 4) is 0 Å². The Labute approximate surface area is 578 Å². The predicted molar refractivity (Wildman–Crippen MR) is 370 cm³/mol. The zero-order valence-corrected chi connectivity index (χ0v) is 61.6. The van der Waals surface area contributed by atoms with Crippen molar-refractivity contribution in [2.75, 3.05) is 18.8 Å². The van der Waals surface area contributed by atoms with Gasteiger partial charge in [0.1, 0.15) is 4.90 Å². The van der Waals surface area contributed by atoms with E-state index in [0.717, 1.165) is 127 Å². The number of hydrogen-bond acceptors (Lipinski definition) is 13. The zero-order chi connectivity index (χ0) is 67.3. The number of thioether (sulfide) groups is 1. The summed E-state index contributed by atoms with van der Waals surface area (Å²) >= 11 is 1.69. The summed E-state index contributed by atoms with van der Waals surface area (Å²) in [4.78, 5) is 42.8. The molecule has 0 spiro atoms. The molecule has 0 bridgehead atoms. The third-order valence-corrected chi connectivity index (χ3v) is 34.5. The molecule has 15 aliphatic carbocycles. The second-order valence-corrected chi connectivity index (χ2v) is 41.8. The Morgan fingerprint density at radius 2 is 0.812 bits per heavy atom. The van der Waals surface area contributed by atoms with Crippen LogP contribution in [0.3, 0.4) is 0 Å². The van der Waals surface area contributed by atoms with E-state index in [0.29, 0.717) is 76.9 Å². The summed E-state index contributed by atoms with van der Waals surface area (Å²) in [7, 11) is -4.37. The third-order valence-electron chi connectivity index (χ3n) is 31.9. The minimum atomic E-state index is -3.31. The first-order valence-corrected chi connectivity index (χ1v) is 43.0. The van der Waals surface area contributed by atoms with Crippen LogP contribution < -0.4 is 0 Å². The van der Waals surface area contributed by atoms with Crippen LogP contribution in [0.2, 0.25) is 0 Å². The van der Waals surface area contributed by atoms with Crippen LogP contribution in [0.1, 0.15) is 196 Å². The molecule has 3 aromatic heterocycles. The molecular weight excluding hydrogens is 1260 g/mol. The molecule has 3 N–H and O–H groups in total. The molecule has 15 nitrogen and oxygen atoms in total. The number of nitrogens with zero attached hydrogens (tertiary/aromatic N) is 6. The minimum absolute atomic E-state index is 0.0750. The smallest absolute Gasteiger partial charge is 0.178 e. The summed E-state index contributed by atoms with van der Waals surface area (Å²) in [5, 5.41) is 44.8. The highest BCUT2D eigenvalue weighted by Gasteiger charge is 2.74. The number of carbonyl (C=O) groups is 3. The van der Waals surface area contributed by atoms with Crippen LogP contribution in [0.15, 0.2) is 51.9 Å². The highest BCUT2D eigenvalue weighted by molar-refractivity contribution is 7.98. The van der Waals surface area contributed by atoms with E-state index in [1.54, 1.807) is 35.1 Å². The maximum Gasteiger partial charge on any atom is 0.178 e. The van der Waals surface area contributed by atoms with Crippen LogP contribution >= 0.6 is 11.8 Å². The van der Waals surface area contributed by atoms with Gasteiger partial charge in [0.2, 0.25) is 0 Å². The standard InChI is InChI=1S/C26H38N2O4S.C26H38N2O3S.C26H38N2O2S/c1-25(30)8-6-17-15(11-25)4-5-19-18(17)7-9-26(2)23(19)20-10-21(20)24(26)22(29)14-28-13-16(12-27-28)33(3,31)32;1-25(30)8-6-17-15(11-25)4-5-19-18(17)7-9-26(2)23(19)20-10-21(20)24(26)22(29)14-28-13-16(12-27-28)32(3)31;1-25(30)8-6-17-15(11-25)4-5-19-18(17)7-9-26(2)23(19)20-10-21(20)24(26)22(29)14-28-13-16(31-3)12-27-28/h12-13,15,17-21,23-24,30H,4-11,14H2,1-3H3;12-13,15,17-21,23-24,30H,4-11,14H2,1-3H3;12-13,15,17-21,23-24,30H,4-11,14H2,1-3H3/t15-,17+,18-,19-,20-,21+,23-,24-,25-,26+;15-,17+,18-,19-,20-,21+,23-,24-,25-,26+,32?;15-,17+,18-,19-,20-,21+,23-,24-,25-,26+/m111/s1. The van der Waals surface area contributed by atoms with Crippen LogP contribution in [-0.2, 0) is 54.7 Å². The van der Waals surface area contributed by atoms with E-state index in [1.807, 2.05) is 30.9 Å². The lowest BCUT2D eigenvalue weighted by atomic mass is 9.48. The van der Waals surface area contributed by atoms with Gasteiger partial charge in [0, 0.05) is 53.8 Å². The number of hydrogen-bond donors (Lipinski definition) is 3. The van der Waals surface area contributed by atoms with Gasteiger partial charge in [-0.15, -0.1) is 11.8 Å². The van der Waals surface area contributed by atoms with Gasteiger partial charge < -0.3 is 15.3 Å². The summed E-state index contributed by atoms with van der Waals surface area (Å²) in [6.45, 7) is 14.4. The van der Waals surface area contributed by atoms with Gasteiger partial charge in [0.15, 0.2) is 27.2 Å². The van der Waals surface area contributed by atoms with Crippen LogP contribution in [0.25, 0.3) is 0 Å². The Morgan fingerprint density at radius 1 is 0.469 bits per heavy atom. The van der Waals surface area contributed by atoms with E-state index < -0.39 is 37.4 Å². The number of carbonyl (C=O) groups excluding carboxylic acids is 3. The van der Waals surface area contributed by atoms with E-state index in [9.17, 15) is 42.3 Å². The molecule has 96 heavy (non-hydrogen) atoms. The molecule has 3 aromatic rings. The molecule has 0 aliphatic heterocycles.